The van der Waals surface area contributed by atoms with Gasteiger partial charge in [0.25, 0.3) is 0 Å². The minimum absolute atomic E-state index is 3.07. The lowest BCUT2D eigenvalue weighted by Gasteiger charge is -1.74. The average Bonchev–Trinajstić information content (AvgIpc) is 1.37. The van der Waals surface area contributed by atoms with Crippen LogP contribution in [0.25, 0.3) is 0 Å². The zero-order valence-electron chi connectivity index (χ0n) is 1.84. The van der Waals surface area contributed by atoms with Crippen LogP contribution in [-0.4, -0.2) is 0 Å². The Bertz CT molecular complexity index is 8.00. The summed E-state index contributed by atoms with van der Waals surface area (Å²) >= 11 is 3.07. The molecule has 0 atom stereocenters. The molecule has 0 saturated carbocycles. The maximum absolute atomic E-state index is 4.23. The Morgan fingerprint density at radius 1 is 1.75 bits per heavy atom. The van der Waals surface area contributed by atoms with Crippen molar-refractivity contribution in [1.82, 2.24) is 0 Å². The van der Waals surface area contributed by atoms with Gasteiger partial charge in [-0.1, -0.05) is 0 Å². The predicted octanol–water partition coefficient (Wildman–Crippen LogP) is -0.347. The van der Waals surface area contributed by atoms with E-state index in [0.717, 1.165) is 0 Å². The molecule has 26 valence electrons. The fourth-order valence-corrected chi connectivity index (χ4v) is 0. The van der Waals surface area contributed by atoms with Crippen LogP contribution in [0.5, 0.6) is 0 Å². The second-order valence-corrected chi connectivity index (χ2v) is 0.320. The highest BCUT2D eigenvalue weighted by molar-refractivity contribution is 7.74. The van der Waals surface area contributed by atoms with Crippen LogP contribution in [0, 0.1) is 0 Å². The van der Waals surface area contributed by atoms with Crippen LogP contribution in [0.4, 0.5) is 0 Å². The Morgan fingerprint density at radius 3 is 2.00 bits per heavy atom. The van der Waals surface area contributed by atoms with Crippen molar-refractivity contribution in [1.29, 1.82) is 0 Å². The Balaban J connectivity index is 1.97. The van der Waals surface area contributed by atoms with Gasteiger partial charge in [0.2, 0.25) is 0 Å². The Kier molecular flexibility index (Phi) is 3.42. The molecule has 0 aromatic carbocycles. The first-order valence-electron chi connectivity index (χ1n) is 0.585. The number of rotatable bonds is 1. The van der Waals surface area contributed by atoms with Crippen molar-refractivity contribution in [2.75, 3.05) is 0 Å². The summed E-state index contributed by atoms with van der Waals surface area (Å²) in [5.74, 6) is 4.23. The van der Waals surface area contributed by atoms with Crippen molar-refractivity contribution in [2.45, 2.75) is 0 Å². The summed E-state index contributed by atoms with van der Waals surface area (Å²) < 4.78 is 3.51. The molecule has 0 aliphatic heterocycles. The fraction of sp³-hybridized carbons (Fsp3) is 0. The van der Waals surface area contributed by atoms with Crippen LogP contribution in [0.3, 0.4) is 0 Å². The lowest BCUT2D eigenvalue weighted by molar-refractivity contribution is -0.192. The van der Waals surface area contributed by atoms with Crippen molar-refractivity contribution in [3.05, 3.63) is 0 Å². The van der Waals surface area contributed by atoms with Gasteiger partial charge in [0.05, 0.1) is 0 Å². The van der Waals surface area contributed by atoms with Crippen LogP contribution in [0.15, 0.2) is 0 Å². The normalized spacial score (nSPS) is 7.50. The second-order valence-electron chi connectivity index (χ2n) is 0.171. The van der Waals surface area contributed by atoms with Crippen LogP contribution < -0.4 is 5.90 Å². The molecule has 4 heteroatoms. The van der Waals surface area contributed by atoms with E-state index in [1.807, 2.05) is 0 Å². The summed E-state index contributed by atoms with van der Waals surface area (Å²) in [5, 5.41) is 0. The molecule has 0 aromatic rings. The quantitative estimate of drug-likeness (QED) is 0.196. The van der Waals surface area contributed by atoms with Gasteiger partial charge in [0.1, 0.15) is 0 Å². The van der Waals surface area contributed by atoms with Crippen molar-refractivity contribution >= 4 is 12.9 Å². The molecule has 2 N–H and O–H groups in total. The molecule has 0 aromatic heterocycles. The average molecular weight is 81.1 g/mol. The predicted molar refractivity (Wildman–Crippen MR) is 15.3 cm³/mol. The molecule has 0 unspecified atom stereocenters. The first kappa shape index (κ1) is 4.23. The van der Waals surface area contributed by atoms with Gasteiger partial charge >= 0.3 is 0 Å². The minimum Gasteiger partial charge on any atom is -0.182 e. The standard InChI is InChI=1S/H3NO2S/c1-2-3-4/h4H,1H2. The van der Waals surface area contributed by atoms with Crippen LogP contribution in [0.1, 0.15) is 0 Å². The van der Waals surface area contributed by atoms with Gasteiger partial charge in [-0.2, -0.15) is 5.90 Å². The maximum Gasteiger partial charge on any atom is 0.0169 e. The summed E-state index contributed by atoms with van der Waals surface area (Å²) in [6.07, 6.45) is 0. The summed E-state index contributed by atoms with van der Waals surface area (Å²) in [6, 6.07) is 0. The Hall–Kier alpha value is 0.230. The summed E-state index contributed by atoms with van der Waals surface area (Å²) in [7, 11) is 0. The molecule has 0 radical (unpaired) electrons. The number of nitrogens with two attached hydrogens (primary N) is 1. The molecular formula is H3NO2S. The molecule has 0 saturated heterocycles. The zero-order valence-corrected chi connectivity index (χ0v) is 2.74. The highest BCUT2D eigenvalue weighted by atomic mass is 32.1. The van der Waals surface area contributed by atoms with E-state index in [1.165, 1.54) is 0 Å². The Labute approximate surface area is 29.2 Å². The van der Waals surface area contributed by atoms with E-state index < -0.39 is 0 Å². The highest BCUT2D eigenvalue weighted by Crippen LogP contribution is 1.66. The number of thiol groups is 1. The van der Waals surface area contributed by atoms with Gasteiger partial charge in [-0.25, -0.2) is 0 Å². The molecule has 0 fully saturated rings. The van der Waals surface area contributed by atoms with E-state index in [9.17, 15) is 0 Å². The van der Waals surface area contributed by atoms with Crippen LogP contribution >= 0.6 is 12.9 Å². The van der Waals surface area contributed by atoms with Crippen molar-refractivity contribution in [2.24, 2.45) is 5.90 Å². The van der Waals surface area contributed by atoms with Gasteiger partial charge in [0, 0.05) is 12.9 Å². The molecule has 0 spiro atoms. The van der Waals surface area contributed by atoms with E-state index in [2.05, 4.69) is 28.1 Å². The molecule has 0 heterocycles. The summed E-state index contributed by atoms with van der Waals surface area (Å²) in [5.41, 5.74) is 0. The molecule has 0 amide bonds. The number of hydrogen-bond donors (Lipinski definition) is 2. The first-order valence-corrected chi connectivity index (χ1v) is 0.950. The topological polar surface area (TPSA) is 44.5 Å². The highest BCUT2D eigenvalue weighted by Gasteiger charge is 1.50. The van der Waals surface area contributed by atoms with Gasteiger partial charge in [0.15, 0.2) is 0 Å². The maximum atomic E-state index is 4.23. The van der Waals surface area contributed by atoms with Gasteiger partial charge in [-0.15, -0.1) is 9.32 Å². The molecule has 3 nitrogen and oxygen atoms in total. The van der Waals surface area contributed by atoms with Gasteiger partial charge in [-0.3, -0.25) is 0 Å². The molecule has 0 aliphatic carbocycles. The molecule has 0 rings (SSSR count). The van der Waals surface area contributed by atoms with Crippen molar-refractivity contribution < 1.29 is 9.32 Å². The second kappa shape index (κ2) is 3.23. The molecule has 0 aliphatic rings. The fourth-order valence-electron chi connectivity index (χ4n) is 0. The lowest BCUT2D eigenvalue weighted by atomic mass is 13.5. The third-order valence-electron chi connectivity index (χ3n) is 0.0430. The first-order chi connectivity index (χ1) is 1.91. The molecule has 4 heavy (non-hydrogen) atoms. The van der Waals surface area contributed by atoms with Crippen molar-refractivity contribution in [3.63, 3.8) is 0 Å². The van der Waals surface area contributed by atoms with E-state index in [-0.39, 0.29) is 0 Å². The molecular weight excluding hydrogens is 78.1 g/mol. The van der Waals surface area contributed by atoms with E-state index >= 15 is 0 Å². The van der Waals surface area contributed by atoms with E-state index in [4.69, 9.17) is 0 Å². The smallest absolute Gasteiger partial charge is 0.0169 e. The minimum atomic E-state index is 3.07. The summed E-state index contributed by atoms with van der Waals surface area (Å²) in [6.45, 7) is 0. The van der Waals surface area contributed by atoms with E-state index in [1.54, 1.807) is 0 Å². The van der Waals surface area contributed by atoms with Crippen LogP contribution in [-0.2, 0) is 9.32 Å². The summed E-state index contributed by atoms with van der Waals surface area (Å²) in [4.78, 5) is 3.41. The third-order valence-corrected chi connectivity index (χ3v) is 0.129. The van der Waals surface area contributed by atoms with Crippen molar-refractivity contribution in [3.8, 4) is 0 Å². The van der Waals surface area contributed by atoms with E-state index in [0.29, 0.717) is 0 Å². The van der Waals surface area contributed by atoms with Crippen LogP contribution in [0.2, 0.25) is 0 Å². The van der Waals surface area contributed by atoms with Gasteiger partial charge in [-0.05, 0) is 0 Å². The largest absolute Gasteiger partial charge is 0.182 e. The zero-order chi connectivity index (χ0) is 3.41. The van der Waals surface area contributed by atoms with Gasteiger partial charge < -0.3 is 0 Å². The number of hydrogen-bond acceptors (Lipinski definition) is 4. The monoisotopic (exact) mass is 81.0 g/mol. The SMILES string of the molecule is NOOS. The Morgan fingerprint density at radius 2 is 2.00 bits per heavy atom. The molecule has 0 bridgehead atoms. The third kappa shape index (κ3) is 2.23. The lowest BCUT2D eigenvalue weighted by Crippen LogP contribution is -1.90.